The highest BCUT2D eigenvalue weighted by Crippen LogP contribution is 1.96. The number of hydrogen-bond acceptors (Lipinski definition) is 6. The van der Waals surface area contributed by atoms with Crippen LogP contribution in [0.25, 0.3) is 0 Å². The second-order valence-electron chi connectivity index (χ2n) is 1.64. The Hall–Kier alpha value is -1.71. The molecule has 2 N–H and O–H groups in total. The molecule has 0 bridgehead atoms. The molecular formula is C2H3N5O4S. The number of H-pyrrole nitrogens is 1. The molecule has 10 heteroatoms. The van der Waals surface area contributed by atoms with Crippen LogP contribution in [-0.4, -0.2) is 28.6 Å². The van der Waals surface area contributed by atoms with Crippen molar-refractivity contribution in [1.29, 1.82) is 0 Å². The van der Waals surface area contributed by atoms with Crippen molar-refractivity contribution in [3.8, 4) is 0 Å². The fraction of sp³-hybridized carbons (Fsp3) is 0. The lowest BCUT2D eigenvalue weighted by Crippen LogP contribution is -2.30. The first-order valence-electron chi connectivity index (χ1n) is 2.54. The number of sulfonamides is 1. The summed E-state index contributed by atoms with van der Waals surface area (Å²) in [6.45, 7) is 0. The van der Waals surface area contributed by atoms with Gasteiger partial charge in [-0.15, -0.1) is 0 Å². The van der Waals surface area contributed by atoms with E-state index in [9.17, 15) is 18.5 Å². The summed E-state index contributed by atoms with van der Waals surface area (Å²) < 4.78 is 21.6. The van der Waals surface area contributed by atoms with Crippen LogP contribution in [0.4, 0.5) is 0 Å². The van der Waals surface area contributed by atoms with E-state index in [1.54, 1.807) is 0 Å². The maximum absolute atomic E-state index is 10.8. The van der Waals surface area contributed by atoms with E-state index in [1.165, 1.54) is 0 Å². The fourth-order valence-electron chi connectivity index (χ4n) is 0.465. The van der Waals surface area contributed by atoms with Crippen LogP contribution in [-0.2, 0) is 10.0 Å². The van der Waals surface area contributed by atoms with Gasteiger partial charge in [-0.1, -0.05) is 0 Å². The number of hydrogen-bond donors (Lipinski definition) is 2. The van der Waals surface area contributed by atoms with Crippen molar-refractivity contribution in [2.45, 2.75) is 5.16 Å². The monoisotopic (exact) mass is 193 g/mol. The van der Waals surface area contributed by atoms with Gasteiger partial charge in [-0.3, -0.25) is 0 Å². The highest BCUT2D eigenvalue weighted by molar-refractivity contribution is 7.89. The third kappa shape index (κ3) is 1.66. The molecule has 0 radical (unpaired) electrons. The molecule has 0 spiro atoms. The summed E-state index contributed by atoms with van der Waals surface area (Å²) >= 11 is 0. The zero-order chi connectivity index (χ0) is 9.19. The second kappa shape index (κ2) is 2.73. The molecule has 1 rings (SSSR count). The number of aromatic nitrogens is 3. The summed E-state index contributed by atoms with van der Waals surface area (Å²) in [6.07, 6.45) is 0.925. The molecule has 1 heterocycles. The van der Waals surface area contributed by atoms with Gasteiger partial charge in [0, 0.05) is 0 Å². The van der Waals surface area contributed by atoms with Gasteiger partial charge in [0.25, 0.3) is 5.16 Å². The minimum absolute atomic E-state index is 0.598. The molecule has 0 aliphatic heterocycles. The van der Waals surface area contributed by atoms with Gasteiger partial charge in [-0.05, 0) is 4.83 Å². The van der Waals surface area contributed by atoms with Crippen molar-refractivity contribution in [3.63, 3.8) is 0 Å². The number of nitro groups is 1. The maximum atomic E-state index is 10.8. The number of aromatic amines is 1. The predicted octanol–water partition coefficient (Wildman–Crippen LogP) is -1.73. The standard InChI is InChI=1S/C2H3N5O4S/c8-7(9)6-12(10,11)2-3-1-4-5-2/h1,6H,(H,3,4,5). The second-order valence-corrected chi connectivity index (χ2v) is 3.22. The van der Waals surface area contributed by atoms with Crippen LogP contribution in [0.2, 0.25) is 0 Å². The third-order valence-corrected chi connectivity index (χ3v) is 1.94. The van der Waals surface area contributed by atoms with Gasteiger partial charge < -0.3 is 0 Å². The van der Waals surface area contributed by atoms with Crippen molar-refractivity contribution in [3.05, 3.63) is 16.4 Å². The lowest BCUT2D eigenvalue weighted by molar-refractivity contribution is -0.518. The van der Waals surface area contributed by atoms with Crippen molar-refractivity contribution >= 4 is 10.0 Å². The Morgan fingerprint density at radius 1 is 1.67 bits per heavy atom. The van der Waals surface area contributed by atoms with Crippen LogP contribution < -0.4 is 4.83 Å². The maximum Gasteiger partial charge on any atom is 0.346 e. The molecule has 9 nitrogen and oxygen atoms in total. The van der Waals surface area contributed by atoms with Crippen LogP contribution >= 0.6 is 0 Å². The summed E-state index contributed by atoms with van der Waals surface area (Å²) in [5.74, 6) is 0. The minimum Gasteiger partial charge on any atom is -0.248 e. The highest BCUT2D eigenvalue weighted by atomic mass is 32.2. The van der Waals surface area contributed by atoms with E-state index in [4.69, 9.17) is 0 Å². The molecule has 1 aromatic heterocycles. The van der Waals surface area contributed by atoms with E-state index in [2.05, 4.69) is 10.1 Å². The Morgan fingerprint density at radius 3 is 2.75 bits per heavy atom. The Morgan fingerprint density at radius 2 is 2.33 bits per heavy atom. The third-order valence-electron chi connectivity index (χ3n) is 0.842. The van der Waals surface area contributed by atoms with E-state index in [0.717, 1.165) is 11.2 Å². The van der Waals surface area contributed by atoms with Crippen LogP contribution in [0.1, 0.15) is 0 Å². The van der Waals surface area contributed by atoms with Crippen molar-refractivity contribution in [2.24, 2.45) is 0 Å². The topological polar surface area (TPSA) is 131 Å². The predicted molar refractivity (Wildman–Crippen MR) is 33.7 cm³/mol. The molecule has 12 heavy (non-hydrogen) atoms. The average Bonchev–Trinajstić information content (AvgIpc) is 2.32. The lowest BCUT2D eigenvalue weighted by atomic mass is 11.3. The molecule has 1 aromatic rings. The number of nitrogens with zero attached hydrogens (tertiary/aromatic N) is 3. The van der Waals surface area contributed by atoms with Gasteiger partial charge in [0.05, 0.1) is 0 Å². The van der Waals surface area contributed by atoms with Crippen LogP contribution in [0.5, 0.6) is 0 Å². The normalized spacial score (nSPS) is 11.0. The van der Waals surface area contributed by atoms with E-state index in [1.807, 2.05) is 5.10 Å². The zero-order valence-electron chi connectivity index (χ0n) is 5.46. The van der Waals surface area contributed by atoms with Gasteiger partial charge in [0.15, 0.2) is 5.03 Å². The average molecular weight is 193 g/mol. The van der Waals surface area contributed by atoms with E-state index >= 15 is 0 Å². The van der Waals surface area contributed by atoms with E-state index in [-0.39, 0.29) is 0 Å². The minimum atomic E-state index is -4.19. The summed E-state index contributed by atoms with van der Waals surface area (Å²) in [6, 6.07) is 0. The number of rotatable bonds is 3. The first kappa shape index (κ1) is 8.39. The molecule has 0 saturated heterocycles. The van der Waals surface area contributed by atoms with Crippen molar-refractivity contribution < 1.29 is 13.5 Å². The SMILES string of the molecule is O=[N+]([O-])NS(=O)(=O)c1ncn[nH]1. The molecule has 0 unspecified atom stereocenters. The van der Waals surface area contributed by atoms with Gasteiger partial charge in [0.1, 0.15) is 6.33 Å². The lowest BCUT2D eigenvalue weighted by Gasteiger charge is -1.93. The molecule has 0 atom stereocenters. The van der Waals surface area contributed by atoms with Gasteiger partial charge in [-0.25, -0.2) is 20.2 Å². The Balaban J connectivity index is 2.96. The van der Waals surface area contributed by atoms with Gasteiger partial charge >= 0.3 is 10.0 Å². The van der Waals surface area contributed by atoms with Crippen molar-refractivity contribution in [1.82, 2.24) is 20.0 Å². The first-order valence-corrected chi connectivity index (χ1v) is 4.03. The molecular weight excluding hydrogens is 190 g/mol. The quantitative estimate of drug-likeness (QED) is 0.433. The molecule has 0 aliphatic rings. The molecule has 0 fully saturated rings. The largest absolute Gasteiger partial charge is 0.346 e. The van der Waals surface area contributed by atoms with E-state index < -0.39 is 20.2 Å². The van der Waals surface area contributed by atoms with Crippen molar-refractivity contribution in [2.75, 3.05) is 0 Å². The Labute approximate surface area is 66.0 Å². The molecule has 66 valence electrons. The fourth-order valence-corrected chi connectivity index (χ4v) is 1.11. The summed E-state index contributed by atoms with van der Waals surface area (Å²) in [4.78, 5) is 14.1. The van der Waals surface area contributed by atoms with Gasteiger partial charge in [-0.2, -0.15) is 13.5 Å². The van der Waals surface area contributed by atoms with Crippen LogP contribution in [0, 0.1) is 10.1 Å². The van der Waals surface area contributed by atoms with Crippen LogP contribution in [0.15, 0.2) is 11.5 Å². The Kier molecular flexibility index (Phi) is 1.91. The summed E-state index contributed by atoms with van der Waals surface area (Å²) in [7, 11) is -4.19. The molecule has 0 aliphatic carbocycles. The zero-order valence-corrected chi connectivity index (χ0v) is 6.28. The molecule has 0 amide bonds. The first-order chi connectivity index (χ1) is 5.52. The smallest absolute Gasteiger partial charge is 0.248 e. The Bertz CT molecular complexity index is 366. The summed E-state index contributed by atoms with van der Waals surface area (Å²) in [5.41, 5.74) is 0. The molecule has 0 aromatic carbocycles. The highest BCUT2D eigenvalue weighted by Gasteiger charge is 2.22. The van der Waals surface area contributed by atoms with Crippen LogP contribution in [0.3, 0.4) is 0 Å². The number of nitrogens with one attached hydrogen (secondary N) is 2. The summed E-state index contributed by atoms with van der Waals surface area (Å²) in [5, 5.41) is 13.2. The van der Waals surface area contributed by atoms with E-state index in [0.29, 0.717) is 0 Å². The van der Waals surface area contributed by atoms with Gasteiger partial charge in [0.2, 0.25) is 0 Å². The number of hydrazine groups is 1. The molecule has 0 saturated carbocycles.